The van der Waals surface area contributed by atoms with Gasteiger partial charge in [0.05, 0.1) is 10.8 Å². The number of alkyl carbamates (subject to hydrolysis) is 1. The van der Waals surface area contributed by atoms with E-state index in [2.05, 4.69) is 21.9 Å². The maximum Gasteiger partial charge on any atom is 0.408 e. The number of sulfonamides is 1. The molecule has 0 bridgehead atoms. The fourth-order valence-corrected chi connectivity index (χ4v) is 8.49. The Morgan fingerprint density at radius 1 is 1.02 bits per heavy atom. The Balaban J connectivity index is 1.30. The number of nitrogens with zero attached hydrogens (tertiary/aromatic N) is 1. The number of fused-ring (bicyclic) bond motifs is 1. The van der Waals surface area contributed by atoms with E-state index in [4.69, 9.17) is 9.47 Å². The lowest BCUT2D eigenvalue weighted by molar-refractivity contribution is -0.145. The smallest absolute Gasteiger partial charge is 0.408 e. The van der Waals surface area contributed by atoms with Crippen LogP contribution in [0.5, 0.6) is 5.75 Å². The third kappa shape index (κ3) is 9.15. The Morgan fingerprint density at radius 2 is 1.73 bits per heavy atom. The molecule has 2 aromatic carbocycles. The van der Waals surface area contributed by atoms with Crippen LogP contribution in [0, 0.1) is 29.6 Å². The Hall–Kier alpha value is -4.39. The maximum absolute atomic E-state index is 14.2. The number of amides is 4. The van der Waals surface area contributed by atoms with Crippen LogP contribution in [-0.2, 0) is 35.8 Å². The summed E-state index contributed by atoms with van der Waals surface area (Å²) in [5.74, 6) is -2.58. The number of rotatable bonds is 12. The summed E-state index contributed by atoms with van der Waals surface area (Å²) in [5.41, 5.74) is -1.34. The quantitative estimate of drug-likeness (QED) is 0.258. The molecule has 1 saturated heterocycles. The fraction of sp³-hybridized carbons (Fsp3) is 0.538. The molecule has 3 N–H and O–H groups in total. The molecule has 13 heteroatoms. The van der Waals surface area contributed by atoms with Crippen LogP contribution in [0.1, 0.15) is 72.3 Å². The molecule has 1 heterocycles. The fourth-order valence-electron chi connectivity index (χ4n) is 7.42. The molecule has 52 heavy (non-hydrogen) atoms. The van der Waals surface area contributed by atoms with E-state index in [-0.39, 0.29) is 48.1 Å². The molecule has 3 aliphatic rings. The SMILES string of the molecule is C=C[C@@H]1C[C@]1(NC(=O)C1CN(C(=O)[C@@H](NC(=O)OC(C)(C)C)C(C)C)CC2CCCCC21)C(=O)NS(=O)(=O)c1cccc(OCc2ccccc2)c1. The normalized spacial score (nSPS) is 24.8. The van der Waals surface area contributed by atoms with Crippen molar-refractivity contribution < 1.29 is 37.1 Å². The first-order chi connectivity index (χ1) is 24.5. The highest BCUT2D eigenvalue weighted by atomic mass is 32.2. The average molecular weight is 737 g/mol. The third-order valence-corrected chi connectivity index (χ3v) is 11.6. The molecule has 6 atom stereocenters. The number of benzene rings is 2. The van der Waals surface area contributed by atoms with Crippen LogP contribution in [-0.4, -0.2) is 67.4 Å². The van der Waals surface area contributed by atoms with E-state index in [1.807, 2.05) is 44.2 Å². The molecule has 12 nitrogen and oxygen atoms in total. The van der Waals surface area contributed by atoms with Crippen molar-refractivity contribution in [3.05, 3.63) is 72.8 Å². The van der Waals surface area contributed by atoms with Gasteiger partial charge in [0, 0.05) is 25.1 Å². The van der Waals surface area contributed by atoms with Gasteiger partial charge in [-0.2, -0.15) is 0 Å². The molecule has 282 valence electrons. The van der Waals surface area contributed by atoms with Gasteiger partial charge in [-0.05, 0) is 75.5 Å². The molecule has 5 rings (SSSR count). The summed E-state index contributed by atoms with van der Waals surface area (Å²) >= 11 is 0. The zero-order valence-corrected chi connectivity index (χ0v) is 31.5. The lowest BCUT2D eigenvalue weighted by Gasteiger charge is -2.46. The number of hydrogen-bond donors (Lipinski definition) is 3. The highest BCUT2D eigenvalue weighted by Gasteiger charge is 2.61. The van der Waals surface area contributed by atoms with Gasteiger partial charge >= 0.3 is 6.09 Å². The summed E-state index contributed by atoms with van der Waals surface area (Å²) < 4.78 is 40.4. The molecule has 3 unspecified atom stereocenters. The second-order valence-corrected chi connectivity index (χ2v) is 17.3. The van der Waals surface area contributed by atoms with Crippen LogP contribution in [0.3, 0.4) is 0 Å². The average Bonchev–Trinajstić information content (AvgIpc) is 3.82. The molecular formula is C39H52N4O8S. The number of hydrogen-bond acceptors (Lipinski definition) is 8. The topological polar surface area (TPSA) is 160 Å². The second kappa shape index (κ2) is 15.7. The van der Waals surface area contributed by atoms with Gasteiger partial charge < -0.3 is 25.0 Å². The summed E-state index contributed by atoms with van der Waals surface area (Å²) in [4.78, 5) is 56.2. The zero-order chi connectivity index (χ0) is 37.8. The number of likely N-dealkylation sites (tertiary alicyclic amines) is 1. The van der Waals surface area contributed by atoms with Gasteiger partial charge in [-0.15, -0.1) is 6.58 Å². The summed E-state index contributed by atoms with van der Waals surface area (Å²) in [6.45, 7) is 13.5. The van der Waals surface area contributed by atoms with Crippen molar-refractivity contribution in [2.45, 2.75) is 95.4 Å². The first kappa shape index (κ1) is 38.8. The molecule has 0 radical (unpaired) electrons. The molecule has 2 saturated carbocycles. The van der Waals surface area contributed by atoms with Crippen molar-refractivity contribution in [2.24, 2.45) is 29.6 Å². The summed E-state index contributed by atoms with van der Waals surface area (Å²) in [6, 6.07) is 14.4. The van der Waals surface area contributed by atoms with Crippen LogP contribution in [0.25, 0.3) is 0 Å². The van der Waals surface area contributed by atoms with E-state index in [1.165, 1.54) is 18.2 Å². The summed E-state index contributed by atoms with van der Waals surface area (Å²) in [7, 11) is -4.34. The predicted molar refractivity (Wildman–Crippen MR) is 195 cm³/mol. The number of ether oxygens (including phenoxy) is 2. The minimum absolute atomic E-state index is 0.0162. The summed E-state index contributed by atoms with van der Waals surface area (Å²) in [5, 5.41) is 5.66. The number of nitrogens with one attached hydrogen (secondary N) is 3. The van der Waals surface area contributed by atoms with Crippen molar-refractivity contribution in [2.75, 3.05) is 13.1 Å². The van der Waals surface area contributed by atoms with Crippen molar-refractivity contribution in [3.63, 3.8) is 0 Å². The van der Waals surface area contributed by atoms with Gasteiger partial charge in [0.25, 0.3) is 15.9 Å². The second-order valence-electron chi connectivity index (χ2n) is 15.6. The van der Waals surface area contributed by atoms with Crippen molar-refractivity contribution in [3.8, 4) is 5.75 Å². The van der Waals surface area contributed by atoms with Crippen molar-refractivity contribution in [1.29, 1.82) is 0 Å². The molecule has 2 aromatic rings. The Kier molecular flexibility index (Phi) is 11.7. The van der Waals surface area contributed by atoms with Gasteiger partial charge in [-0.1, -0.05) is 69.2 Å². The molecule has 3 fully saturated rings. The molecule has 4 amide bonds. The van der Waals surface area contributed by atoms with E-state index in [0.717, 1.165) is 31.2 Å². The van der Waals surface area contributed by atoms with Gasteiger partial charge in [0.15, 0.2) is 0 Å². The maximum atomic E-state index is 14.2. The number of carbonyl (C=O) groups excluding carboxylic acids is 4. The number of piperidine rings is 1. The predicted octanol–water partition coefficient (Wildman–Crippen LogP) is 4.95. The van der Waals surface area contributed by atoms with Crippen LogP contribution in [0.2, 0.25) is 0 Å². The molecule has 1 aliphatic heterocycles. The Bertz CT molecular complexity index is 1760. The molecule has 0 spiro atoms. The van der Waals surface area contributed by atoms with E-state index in [1.54, 1.807) is 37.8 Å². The Labute approximate surface area is 307 Å². The number of carbonyl (C=O) groups is 4. The zero-order valence-electron chi connectivity index (χ0n) is 30.7. The van der Waals surface area contributed by atoms with Crippen molar-refractivity contribution >= 4 is 33.8 Å². The third-order valence-electron chi connectivity index (χ3n) is 10.3. The lowest BCUT2D eigenvalue weighted by Crippen LogP contribution is -2.61. The Morgan fingerprint density at radius 3 is 2.38 bits per heavy atom. The minimum atomic E-state index is -4.34. The first-order valence-electron chi connectivity index (χ1n) is 18.1. The molecular weight excluding hydrogens is 685 g/mol. The van der Waals surface area contributed by atoms with E-state index < -0.39 is 56.9 Å². The van der Waals surface area contributed by atoms with Gasteiger partial charge in [-0.25, -0.2) is 17.9 Å². The standard InChI is InChI=1S/C39H52N4O8S/c1-7-28-21-39(28,36(46)42-52(48,49)30-18-13-17-29(20-30)50-24-26-14-9-8-10-15-26)41-34(44)32-23-43(22-27-16-11-12-19-31(27)32)35(45)33(25(2)3)40-37(47)51-38(4,5)6/h7-10,13-15,17-18,20,25,27-28,31-33H,1,11-12,16,19,21-24H2,2-6H3,(H,40,47)(H,41,44)(H,42,46)/t27?,28-,31?,32?,33+,39-/m1/s1. The lowest BCUT2D eigenvalue weighted by atomic mass is 9.69. The monoisotopic (exact) mass is 736 g/mol. The molecule has 0 aromatic heterocycles. The van der Waals surface area contributed by atoms with Gasteiger partial charge in [0.1, 0.15) is 29.5 Å². The molecule has 2 aliphatic carbocycles. The van der Waals surface area contributed by atoms with Gasteiger partial charge in [-0.3, -0.25) is 14.4 Å². The van der Waals surface area contributed by atoms with E-state index >= 15 is 0 Å². The highest BCUT2D eigenvalue weighted by molar-refractivity contribution is 7.90. The van der Waals surface area contributed by atoms with Crippen LogP contribution in [0.15, 0.2) is 72.1 Å². The largest absolute Gasteiger partial charge is 0.489 e. The van der Waals surface area contributed by atoms with Gasteiger partial charge in [0.2, 0.25) is 11.8 Å². The van der Waals surface area contributed by atoms with Crippen LogP contribution in [0.4, 0.5) is 4.79 Å². The van der Waals surface area contributed by atoms with Crippen molar-refractivity contribution in [1.82, 2.24) is 20.3 Å². The van der Waals surface area contributed by atoms with Crippen LogP contribution >= 0.6 is 0 Å². The highest BCUT2D eigenvalue weighted by Crippen LogP contribution is 2.46. The van der Waals surface area contributed by atoms with E-state index in [0.29, 0.717) is 12.3 Å². The minimum Gasteiger partial charge on any atom is -0.489 e. The van der Waals surface area contributed by atoms with Crippen LogP contribution < -0.4 is 20.1 Å². The first-order valence-corrected chi connectivity index (χ1v) is 19.6. The van der Waals surface area contributed by atoms with E-state index in [9.17, 15) is 27.6 Å². The summed E-state index contributed by atoms with van der Waals surface area (Å²) in [6.07, 6.45) is 4.60.